The SMILES string of the molecule is CC(O)CN(C)c1ccc(N)c2ncccc12. The van der Waals surface area contributed by atoms with Gasteiger partial charge in [0.05, 0.1) is 17.3 Å². The number of nitrogens with zero attached hydrogens (tertiary/aromatic N) is 2. The molecule has 2 rings (SSSR count). The summed E-state index contributed by atoms with van der Waals surface area (Å²) >= 11 is 0. The van der Waals surface area contributed by atoms with Crippen LogP contribution in [0.3, 0.4) is 0 Å². The molecule has 17 heavy (non-hydrogen) atoms. The van der Waals surface area contributed by atoms with Gasteiger partial charge in [0.25, 0.3) is 0 Å². The Bertz CT molecular complexity index is 525. The number of nitrogens with two attached hydrogens (primary N) is 1. The summed E-state index contributed by atoms with van der Waals surface area (Å²) in [4.78, 5) is 6.30. The number of benzene rings is 1. The van der Waals surface area contributed by atoms with Gasteiger partial charge >= 0.3 is 0 Å². The maximum atomic E-state index is 9.43. The summed E-state index contributed by atoms with van der Waals surface area (Å²) in [5, 5.41) is 10.4. The number of anilines is 2. The summed E-state index contributed by atoms with van der Waals surface area (Å²) in [7, 11) is 1.95. The molecule has 1 aromatic carbocycles. The van der Waals surface area contributed by atoms with Crippen molar-refractivity contribution in [3.8, 4) is 0 Å². The van der Waals surface area contributed by atoms with Crippen molar-refractivity contribution in [2.45, 2.75) is 13.0 Å². The molecule has 4 heteroatoms. The maximum Gasteiger partial charge on any atom is 0.0951 e. The van der Waals surface area contributed by atoms with Crippen molar-refractivity contribution >= 4 is 22.3 Å². The Morgan fingerprint density at radius 3 is 2.88 bits per heavy atom. The van der Waals surface area contributed by atoms with Gasteiger partial charge in [0.2, 0.25) is 0 Å². The fourth-order valence-corrected chi connectivity index (χ4v) is 2.01. The Balaban J connectivity index is 2.51. The number of nitrogen functional groups attached to an aromatic ring is 1. The van der Waals surface area contributed by atoms with Crippen LogP contribution in [-0.2, 0) is 0 Å². The Morgan fingerprint density at radius 1 is 1.41 bits per heavy atom. The zero-order valence-electron chi connectivity index (χ0n) is 10.1. The highest BCUT2D eigenvalue weighted by Gasteiger charge is 2.10. The Morgan fingerprint density at radius 2 is 2.18 bits per heavy atom. The van der Waals surface area contributed by atoms with E-state index < -0.39 is 0 Å². The van der Waals surface area contributed by atoms with Gasteiger partial charge in [-0.3, -0.25) is 4.98 Å². The van der Waals surface area contributed by atoms with Crippen molar-refractivity contribution < 1.29 is 5.11 Å². The van der Waals surface area contributed by atoms with E-state index in [1.54, 1.807) is 13.1 Å². The molecule has 0 fully saturated rings. The normalized spacial score (nSPS) is 12.6. The molecular formula is C13H17N3O. The molecule has 0 spiro atoms. The van der Waals surface area contributed by atoms with Gasteiger partial charge in [-0.1, -0.05) is 0 Å². The largest absolute Gasteiger partial charge is 0.397 e. The van der Waals surface area contributed by atoms with E-state index in [2.05, 4.69) is 4.98 Å². The first-order valence-corrected chi connectivity index (χ1v) is 5.62. The van der Waals surface area contributed by atoms with E-state index >= 15 is 0 Å². The van der Waals surface area contributed by atoms with Gasteiger partial charge in [-0.2, -0.15) is 0 Å². The lowest BCUT2D eigenvalue weighted by atomic mass is 10.1. The van der Waals surface area contributed by atoms with Gasteiger partial charge in [0.15, 0.2) is 0 Å². The van der Waals surface area contributed by atoms with Crippen molar-refractivity contribution in [3.63, 3.8) is 0 Å². The van der Waals surface area contributed by atoms with Crippen LogP contribution >= 0.6 is 0 Å². The lowest BCUT2D eigenvalue weighted by Gasteiger charge is -2.22. The van der Waals surface area contributed by atoms with Crippen LogP contribution in [0.2, 0.25) is 0 Å². The quantitative estimate of drug-likeness (QED) is 0.788. The highest BCUT2D eigenvalue weighted by molar-refractivity contribution is 5.98. The van der Waals surface area contributed by atoms with E-state index in [1.807, 2.05) is 36.2 Å². The highest BCUT2D eigenvalue weighted by Crippen LogP contribution is 2.28. The smallest absolute Gasteiger partial charge is 0.0951 e. The van der Waals surface area contributed by atoms with E-state index in [0.717, 1.165) is 16.6 Å². The Hall–Kier alpha value is -1.81. The van der Waals surface area contributed by atoms with E-state index in [4.69, 9.17) is 5.73 Å². The summed E-state index contributed by atoms with van der Waals surface area (Å²) < 4.78 is 0. The van der Waals surface area contributed by atoms with Crippen LogP contribution < -0.4 is 10.6 Å². The summed E-state index contributed by atoms with van der Waals surface area (Å²) in [6.45, 7) is 2.35. The van der Waals surface area contributed by atoms with Crippen molar-refractivity contribution in [3.05, 3.63) is 30.5 Å². The van der Waals surface area contributed by atoms with Crippen LogP contribution in [0.15, 0.2) is 30.5 Å². The monoisotopic (exact) mass is 231 g/mol. The number of likely N-dealkylation sites (N-methyl/N-ethyl adjacent to an activating group) is 1. The molecule has 0 aliphatic rings. The van der Waals surface area contributed by atoms with Gasteiger partial charge < -0.3 is 15.7 Å². The zero-order valence-corrected chi connectivity index (χ0v) is 10.1. The van der Waals surface area contributed by atoms with Gasteiger partial charge in [0.1, 0.15) is 0 Å². The lowest BCUT2D eigenvalue weighted by molar-refractivity contribution is 0.202. The predicted molar refractivity (Wildman–Crippen MR) is 71.1 cm³/mol. The second-order valence-corrected chi connectivity index (χ2v) is 4.30. The minimum absolute atomic E-state index is 0.371. The molecule has 1 heterocycles. The Kier molecular flexibility index (Phi) is 3.15. The highest BCUT2D eigenvalue weighted by atomic mass is 16.3. The molecule has 2 aromatic rings. The Labute approximate surface area is 101 Å². The third-order valence-electron chi connectivity index (χ3n) is 2.73. The van der Waals surface area contributed by atoms with Crippen molar-refractivity contribution in [2.24, 2.45) is 0 Å². The molecule has 1 atom stereocenters. The molecule has 3 N–H and O–H groups in total. The minimum atomic E-state index is -0.371. The van der Waals surface area contributed by atoms with Crippen molar-refractivity contribution in [1.29, 1.82) is 0 Å². The topological polar surface area (TPSA) is 62.4 Å². The maximum absolute atomic E-state index is 9.43. The molecule has 0 bridgehead atoms. The van der Waals surface area contributed by atoms with Gasteiger partial charge in [-0.15, -0.1) is 0 Å². The molecule has 0 amide bonds. The molecule has 90 valence electrons. The van der Waals surface area contributed by atoms with Crippen LogP contribution in [0, 0.1) is 0 Å². The number of rotatable bonds is 3. The zero-order chi connectivity index (χ0) is 12.4. The molecule has 0 saturated heterocycles. The number of hydrogen-bond acceptors (Lipinski definition) is 4. The first-order valence-electron chi connectivity index (χ1n) is 5.62. The number of fused-ring (bicyclic) bond motifs is 1. The summed E-state index contributed by atoms with van der Waals surface area (Å²) in [5.74, 6) is 0. The van der Waals surface area contributed by atoms with Crippen molar-refractivity contribution in [2.75, 3.05) is 24.2 Å². The standard InChI is InChI=1S/C13H17N3O/c1-9(17)8-16(2)12-6-5-11(14)13-10(12)4-3-7-15-13/h3-7,9,17H,8,14H2,1-2H3. The van der Waals surface area contributed by atoms with Crippen LogP contribution in [0.25, 0.3) is 10.9 Å². The van der Waals surface area contributed by atoms with E-state index in [-0.39, 0.29) is 6.10 Å². The molecule has 0 radical (unpaired) electrons. The average molecular weight is 231 g/mol. The minimum Gasteiger partial charge on any atom is -0.397 e. The summed E-state index contributed by atoms with van der Waals surface area (Å²) in [6.07, 6.45) is 1.36. The van der Waals surface area contributed by atoms with Gasteiger partial charge in [-0.25, -0.2) is 0 Å². The summed E-state index contributed by atoms with van der Waals surface area (Å²) in [5.41, 5.74) is 8.41. The van der Waals surface area contributed by atoms with E-state index in [0.29, 0.717) is 12.2 Å². The second kappa shape index (κ2) is 4.59. The third-order valence-corrected chi connectivity index (χ3v) is 2.73. The molecule has 0 aliphatic heterocycles. The predicted octanol–water partition coefficient (Wildman–Crippen LogP) is 1.63. The van der Waals surface area contributed by atoms with Crippen LogP contribution in [-0.4, -0.2) is 29.8 Å². The first-order chi connectivity index (χ1) is 8.09. The van der Waals surface area contributed by atoms with Crippen LogP contribution in [0.5, 0.6) is 0 Å². The third kappa shape index (κ3) is 2.31. The van der Waals surface area contributed by atoms with E-state index in [9.17, 15) is 5.11 Å². The number of pyridine rings is 1. The first kappa shape index (κ1) is 11.7. The molecule has 0 saturated carbocycles. The number of hydrogen-bond donors (Lipinski definition) is 2. The van der Waals surface area contributed by atoms with Gasteiger partial charge in [0, 0.05) is 30.9 Å². The van der Waals surface area contributed by atoms with Crippen LogP contribution in [0.1, 0.15) is 6.92 Å². The van der Waals surface area contributed by atoms with Gasteiger partial charge in [-0.05, 0) is 31.2 Å². The lowest BCUT2D eigenvalue weighted by Crippen LogP contribution is -2.27. The fraction of sp³-hybridized carbons (Fsp3) is 0.308. The molecular weight excluding hydrogens is 214 g/mol. The van der Waals surface area contributed by atoms with Crippen molar-refractivity contribution in [1.82, 2.24) is 4.98 Å². The number of aliphatic hydroxyl groups is 1. The molecule has 1 aromatic heterocycles. The second-order valence-electron chi connectivity index (χ2n) is 4.30. The van der Waals surface area contributed by atoms with E-state index in [1.165, 1.54) is 0 Å². The average Bonchev–Trinajstić information content (AvgIpc) is 2.29. The number of aromatic nitrogens is 1. The number of aliphatic hydroxyl groups excluding tert-OH is 1. The van der Waals surface area contributed by atoms with Crippen LogP contribution in [0.4, 0.5) is 11.4 Å². The summed E-state index contributed by atoms with van der Waals surface area (Å²) in [6, 6.07) is 7.69. The molecule has 1 unspecified atom stereocenters. The molecule has 4 nitrogen and oxygen atoms in total. The molecule has 0 aliphatic carbocycles. The fourth-order valence-electron chi connectivity index (χ4n) is 2.01.